The third-order valence-corrected chi connectivity index (χ3v) is 5.30. The lowest BCUT2D eigenvalue weighted by molar-refractivity contribution is 0.158. The molecule has 1 atom stereocenters. The van der Waals surface area contributed by atoms with Gasteiger partial charge in [-0.15, -0.1) is 0 Å². The van der Waals surface area contributed by atoms with Crippen LogP contribution in [-0.4, -0.2) is 36.1 Å². The van der Waals surface area contributed by atoms with Crippen LogP contribution < -0.4 is 5.32 Å². The SMILES string of the molecule is CCCC1CCC(N2CCC(NC3CC3)C2)CC1. The van der Waals surface area contributed by atoms with Gasteiger partial charge < -0.3 is 5.32 Å². The lowest BCUT2D eigenvalue weighted by atomic mass is 9.83. The van der Waals surface area contributed by atoms with Gasteiger partial charge in [-0.05, 0) is 50.9 Å². The van der Waals surface area contributed by atoms with Crippen LogP contribution in [0.1, 0.15) is 64.7 Å². The highest BCUT2D eigenvalue weighted by Gasteiger charge is 2.33. The second-order valence-corrected chi connectivity index (χ2v) is 6.88. The summed E-state index contributed by atoms with van der Waals surface area (Å²) in [5, 5.41) is 3.81. The number of likely N-dealkylation sites (tertiary alicyclic amines) is 1. The van der Waals surface area contributed by atoms with Crippen molar-refractivity contribution < 1.29 is 0 Å². The topological polar surface area (TPSA) is 15.3 Å². The van der Waals surface area contributed by atoms with Gasteiger partial charge in [0.05, 0.1) is 0 Å². The normalized spacial score (nSPS) is 38.2. The highest BCUT2D eigenvalue weighted by molar-refractivity contribution is 4.92. The summed E-state index contributed by atoms with van der Waals surface area (Å²) >= 11 is 0. The number of hydrogen-bond donors (Lipinski definition) is 1. The van der Waals surface area contributed by atoms with E-state index in [0.717, 1.165) is 24.0 Å². The minimum absolute atomic E-state index is 0.811. The molecular weight excluding hydrogens is 220 g/mol. The van der Waals surface area contributed by atoms with Gasteiger partial charge in [-0.1, -0.05) is 19.8 Å². The lowest BCUT2D eigenvalue weighted by Gasteiger charge is -2.34. The van der Waals surface area contributed by atoms with Crippen molar-refractivity contribution in [3.8, 4) is 0 Å². The van der Waals surface area contributed by atoms with Gasteiger partial charge in [0.2, 0.25) is 0 Å². The maximum Gasteiger partial charge on any atom is 0.0209 e. The first-order chi connectivity index (χ1) is 8.85. The Kier molecular flexibility index (Phi) is 4.25. The van der Waals surface area contributed by atoms with Gasteiger partial charge in [0.1, 0.15) is 0 Å². The molecule has 3 rings (SSSR count). The van der Waals surface area contributed by atoms with E-state index in [2.05, 4.69) is 17.1 Å². The minimum Gasteiger partial charge on any atom is -0.310 e. The first kappa shape index (κ1) is 12.9. The summed E-state index contributed by atoms with van der Waals surface area (Å²) in [6, 6.07) is 2.62. The zero-order valence-electron chi connectivity index (χ0n) is 12.0. The summed E-state index contributed by atoms with van der Waals surface area (Å²) in [5.74, 6) is 1.05. The van der Waals surface area contributed by atoms with Gasteiger partial charge in [0, 0.05) is 31.2 Å². The molecule has 1 saturated heterocycles. The number of nitrogens with one attached hydrogen (secondary N) is 1. The van der Waals surface area contributed by atoms with E-state index in [4.69, 9.17) is 0 Å². The molecule has 0 aromatic rings. The lowest BCUT2D eigenvalue weighted by Crippen LogP contribution is -2.39. The second kappa shape index (κ2) is 5.92. The van der Waals surface area contributed by atoms with E-state index in [1.807, 2.05) is 0 Å². The molecule has 1 N–H and O–H groups in total. The fourth-order valence-electron chi connectivity index (χ4n) is 4.05. The molecule has 0 spiro atoms. The predicted molar refractivity (Wildman–Crippen MR) is 76.8 cm³/mol. The van der Waals surface area contributed by atoms with E-state index in [9.17, 15) is 0 Å². The summed E-state index contributed by atoms with van der Waals surface area (Å²) in [5.41, 5.74) is 0. The smallest absolute Gasteiger partial charge is 0.0209 e. The molecule has 2 heteroatoms. The number of nitrogens with zero attached hydrogens (tertiary/aromatic N) is 1. The van der Waals surface area contributed by atoms with Gasteiger partial charge >= 0.3 is 0 Å². The van der Waals surface area contributed by atoms with Crippen LogP contribution in [0.3, 0.4) is 0 Å². The Labute approximate surface area is 113 Å². The third kappa shape index (κ3) is 3.27. The monoisotopic (exact) mass is 250 g/mol. The molecule has 0 aromatic heterocycles. The van der Waals surface area contributed by atoms with Crippen LogP contribution in [0, 0.1) is 5.92 Å². The molecule has 2 saturated carbocycles. The third-order valence-electron chi connectivity index (χ3n) is 5.30. The largest absolute Gasteiger partial charge is 0.310 e. The molecule has 104 valence electrons. The second-order valence-electron chi connectivity index (χ2n) is 6.88. The molecule has 1 heterocycles. The fraction of sp³-hybridized carbons (Fsp3) is 1.00. The molecule has 1 unspecified atom stereocenters. The van der Waals surface area contributed by atoms with Gasteiger partial charge in [-0.3, -0.25) is 4.90 Å². The predicted octanol–water partition coefficient (Wildman–Crippen LogP) is 3.17. The zero-order chi connectivity index (χ0) is 12.4. The number of hydrogen-bond acceptors (Lipinski definition) is 2. The summed E-state index contributed by atoms with van der Waals surface area (Å²) in [6.07, 6.45) is 13.0. The maximum atomic E-state index is 3.81. The van der Waals surface area contributed by atoms with Crippen molar-refractivity contribution in [3.05, 3.63) is 0 Å². The van der Waals surface area contributed by atoms with Crippen molar-refractivity contribution in [1.29, 1.82) is 0 Å². The Morgan fingerprint density at radius 3 is 2.39 bits per heavy atom. The molecule has 0 aromatic carbocycles. The van der Waals surface area contributed by atoms with Crippen LogP contribution in [0.4, 0.5) is 0 Å². The molecule has 0 bridgehead atoms. The van der Waals surface area contributed by atoms with Crippen molar-refractivity contribution in [2.75, 3.05) is 13.1 Å². The summed E-state index contributed by atoms with van der Waals surface area (Å²) in [6.45, 7) is 5.02. The quantitative estimate of drug-likeness (QED) is 0.806. The van der Waals surface area contributed by atoms with E-state index >= 15 is 0 Å². The van der Waals surface area contributed by atoms with Gasteiger partial charge in [0.15, 0.2) is 0 Å². The molecule has 2 nitrogen and oxygen atoms in total. The fourth-order valence-corrected chi connectivity index (χ4v) is 4.05. The van der Waals surface area contributed by atoms with Crippen LogP contribution in [-0.2, 0) is 0 Å². The van der Waals surface area contributed by atoms with Crippen LogP contribution in [0.2, 0.25) is 0 Å². The van der Waals surface area contributed by atoms with E-state index in [-0.39, 0.29) is 0 Å². The Bertz CT molecular complexity index is 254. The van der Waals surface area contributed by atoms with E-state index in [0.29, 0.717) is 0 Å². The van der Waals surface area contributed by atoms with Gasteiger partial charge in [-0.25, -0.2) is 0 Å². The standard InChI is InChI=1S/C16H30N2/c1-2-3-13-4-8-16(9-5-13)18-11-10-15(12-18)17-14-6-7-14/h13-17H,2-12H2,1H3. The summed E-state index contributed by atoms with van der Waals surface area (Å²) in [4.78, 5) is 2.79. The molecule has 3 aliphatic rings. The van der Waals surface area contributed by atoms with Crippen molar-refractivity contribution in [2.45, 2.75) is 82.8 Å². The molecule has 0 radical (unpaired) electrons. The van der Waals surface area contributed by atoms with Crippen LogP contribution in [0.25, 0.3) is 0 Å². The van der Waals surface area contributed by atoms with Crippen molar-refractivity contribution in [3.63, 3.8) is 0 Å². The zero-order valence-corrected chi connectivity index (χ0v) is 12.0. The van der Waals surface area contributed by atoms with Crippen molar-refractivity contribution in [2.24, 2.45) is 5.92 Å². The van der Waals surface area contributed by atoms with E-state index in [1.165, 1.54) is 70.9 Å². The molecule has 0 amide bonds. The summed E-state index contributed by atoms with van der Waals surface area (Å²) in [7, 11) is 0. The highest BCUT2D eigenvalue weighted by atomic mass is 15.2. The molecule has 1 aliphatic heterocycles. The Hall–Kier alpha value is -0.0800. The Balaban J connectivity index is 1.40. The first-order valence-electron chi connectivity index (χ1n) is 8.35. The highest BCUT2D eigenvalue weighted by Crippen LogP contribution is 2.32. The average molecular weight is 250 g/mol. The Morgan fingerprint density at radius 1 is 0.944 bits per heavy atom. The molecule has 3 fully saturated rings. The molecular formula is C16H30N2. The average Bonchev–Trinajstić information content (AvgIpc) is 3.07. The maximum absolute atomic E-state index is 3.81. The van der Waals surface area contributed by atoms with Crippen molar-refractivity contribution >= 4 is 0 Å². The van der Waals surface area contributed by atoms with Crippen LogP contribution in [0.5, 0.6) is 0 Å². The van der Waals surface area contributed by atoms with Crippen LogP contribution >= 0.6 is 0 Å². The van der Waals surface area contributed by atoms with E-state index in [1.54, 1.807) is 0 Å². The van der Waals surface area contributed by atoms with Gasteiger partial charge in [0.25, 0.3) is 0 Å². The number of rotatable bonds is 5. The van der Waals surface area contributed by atoms with E-state index < -0.39 is 0 Å². The summed E-state index contributed by atoms with van der Waals surface area (Å²) < 4.78 is 0. The van der Waals surface area contributed by atoms with Crippen LogP contribution in [0.15, 0.2) is 0 Å². The first-order valence-corrected chi connectivity index (χ1v) is 8.35. The molecule has 2 aliphatic carbocycles. The minimum atomic E-state index is 0.811. The molecule has 18 heavy (non-hydrogen) atoms. The van der Waals surface area contributed by atoms with Gasteiger partial charge in [-0.2, -0.15) is 0 Å². The Morgan fingerprint density at radius 2 is 1.72 bits per heavy atom. The van der Waals surface area contributed by atoms with Crippen molar-refractivity contribution in [1.82, 2.24) is 10.2 Å².